The van der Waals surface area contributed by atoms with Crippen LogP contribution in [-0.4, -0.2) is 44.9 Å². The fraction of sp³-hybridized carbons (Fsp3) is 0.562. The van der Waals surface area contributed by atoms with Crippen LogP contribution in [0, 0.1) is 0 Å². The molecule has 0 radical (unpaired) electrons. The summed E-state index contributed by atoms with van der Waals surface area (Å²) in [6.45, 7) is 7.04. The van der Waals surface area contributed by atoms with Gasteiger partial charge in [-0.25, -0.2) is 4.79 Å². The summed E-state index contributed by atoms with van der Waals surface area (Å²) >= 11 is 1.64. The quantitative estimate of drug-likeness (QED) is 0.910. The first-order valence-electron chi connectivity index (χ1n) is 7.87. The summed E-state index contributed by atoms with van der Waals surface area (Å²) in [6, 6.07) is 4.03. The molecule has 3 rings (SSSR count). The number of carbonyl (C=O) groups excluding carboxylic acids is 1. The molecule has 0 aromatic carbocycles. The minimum absolute atomic E-state index is 0.229. The SMILES string of the molecule is CC(C)(C)OC(=O)N1CCC(c2nnc(-c3cccs3)[nH]2)CC1. The predicted octanol–water partition coefficient (Wildman–Crippen LogP) is 3.65. The van der Waals surface area contributed by atoms with Crippen molar-refractivity contribution in [2.24, 2.45) is 0 Å². The van der Waals surface area contributed by atoms with Gasteiger partial charge in [-0.05, 0) is 45.1 Å². The highest BCUT2D eigenvalue weighted by Crippen LogP contribution is 2.28. The molecule has 1 saturated heterocycles. The van der Waals surface area contributed by atoms with Crippen molar-refractivity contribution in [3.8, 4) is 10.7 Å². The van der Waals surface area contributed by atoms with Gasteiger partial charge in [-0.3, -0.25) is 0 Å². The zero-order valence-corrected chi connectivity index (χ0v) is 14.5. The molecule has 0 spiro atoms. The Morgan fingerprint density at radius 3 is 2.70 bits per heavy atom. The van der Waals surface area contributed by atoms with Crippen LogP contribution in [-0.2, 0) is 4.74 Å². The first-order valence-corrected chi connectivity index (χ1v) is 8.75. The third-order valence-electron chi connectivity index (χ3n) is 3.79. The van der Waals surface area contributed by atoms with Crippen molar-refractivity contribution >= 4 is 17.4 Å². The van der Waals surface area contributed by atoms with Gasteiger partial charge in [0.25, 0.3) is 0 Å². The molecule has 1 N–H and O–H groups in total. The topological polar surface area (TPSA) is 71.1 Å². The molecule has 7 heteroatoms. The van der Waals surface area contributed by atoms with Gasteiger partial charge in [0.05, 0.1) is 4.88 Å². The molecule has 2 aromatic rings. The molecular weight excluding hydrogens is 312 g/mol. The highest BCUT2D eigenvalue weighted by Gasteiger charge is 2.29. The summed E-state index contributed by atoms with van der Waals surface area (Å²) < 4.78 is 5.42. The van der Waals surface area contributed by atoms with E-state index in [0.29, 0.717) is 19.0 Å². The average Bonchev–Trinajstić information content (AvgIpc) is 3.17. The molecule has 0 bridgehead atoms. The lowest BCUT2D eigenvalue weighted by Crippen LogP contribution is -2.41. The van der Waals surface area contributed by atoms with Crippen LogP contribution in [0.1, 0.15) is 45.4 Å². The van der Waals surface area contributed by atoms with E-state index in [4.69, 9.17) is 4.74 Å². The number of aromatic nitrogens is 3. The van der Waals surface area contributed by atoms with Crippen LogP contribution in [0.25, 0.3) is 10.7 Å². The largest absolute Gasteiger partial charge is 0.444 e. The lowest BCUT2D eigenvalue weighted by molar-refractivity contribution is 0.0203. The number of rotatable bonds is 2. The summed E-state index contributed by atoms with van der Waals surface area (Å²) in [6.07, 6.45) is 1.52. The summed E-state index contributed by atoms with van der Waals surface area (Å²) in [7, 11) is 0. The van der Waals surface area contributed by atoms with E-state index < -0.39 is 5.60 Å². The summed E-state index contributed by atoms with van der Waals surface area (Å²) in [5.41, 5.74) is -0.450. The first-order chi connectivity index (χ1) is 10.9. The van der Waals surface area contributed by atoms with E-state index in [9.17, 15) is 4.79 Å². The van der Waals surface area contributed by atoms with E-state index in [1.807, 2.05) is 38.3 Å². The standard InChI is InChI=1S/C16H22N4O2S/c1-16(2,3)22-15(21)20-8-6-11(7-9-20)13-17-14(19-18-13)12-5-4-10-23-12/h4-5,10-11H,6-9H2,1-3H3,(H,17,18,19). The van der Waals surface area contributed by atoms with E-state index in [0.717, 1.165) is 29.4 Å². The predicted molar refractivity (Wildman–Crippen MR) is 89.5 cm³/mol. The van der Waals surface area contributed by atoms with Crippen molar-refractivity contribution in [2.45, 2.75) is 45.1 Å². The molecular formula is C16H22N4O2S. The minimum atomic E-state index is -0.450. The summed E-state index contributed by atoms with van der Waals surface area (Å²) in [5, 5.41) is 10.6. The molecule has 0 saturated carbocycles. The van der Waals surface area contributed by atoms with E-state index in [2.05, 4.69) is 15.2 Å². The van der Waals surface area contributed by atoms with E-state index >= 15 is 0 Å². The van der Waals surface area contributed by atoms with Crippen LogP contribution < -0.4 is 0 Å². The van der Waals surface area contributed by atoms with Crippen molar-refractivity contribution in [3.05, 3.63) is 23.3 Å². The number of carbonyl (C=O) groups is 1. The fourth-order valence-corrected chi connectivity index (χ4v) is 3.31. The molecule has 0 atom stereocenters. The van der Waals surface area contributed by atoms with Crippen molar-refractivity contribution in [2.75, 3.05) is 13.1 Å². The van der Waals surface area contributed by atoms with Crippen molar-refractivity contribution in [1.82, 2.24) is 20.1 Å². The maximum Gasteiger partial charge on any atom is 0.410 e. The van der Waals surface area contributed by atoms with Gasteiger partial charge in [0.2, 0.25) is 0 Å². The van der Waals surface area contributed by atoms with Crippen LogP contribution in [0.15, 0.2) is 17.5 Å². The first kappa shape index (κ1) is 16.0. The normalized spacial score (nSPS) is 16.6. The number of nitrogens with one attached hydrogen (secondary N) is 1. The number of piperidine rings is 1. The van der Waals surface area contributed by atoms with Gasteiger partial charge in [-0.15, -0.1) is 21.5 Å². The Bertz CT molecular complexity index is 652. The van der Waals surface area contributed by atoms with Gasteiger partial charge in [0, 0.05) is 19.0 Å². The molecule has 1 amide bonds. The number of likely N-dealkylation sites (tertiary alicyclic amines) is 1. The molecule has 124 valence electrons. The van der Waals surface area contributed by atoms with Gasteiger partial charge in [0.15, 0.2) is 5.82 Å². The Labute approximate surface area is 139 Å². The van der Waals surface area contributed by atoms with Crippen LogP contribution in [0.5, 0.6) is 0 Å². The molecule has 23 heavy (non-hydrogen) atoms. The van der Waals surface area contributed by atoms with Gasteiger partial charge in [-0.2, -0.15) is 0 Å². The smallest absolute Gasteiger partial charge is 0.410 e. The number of H-pyrrole nitrogens is 1. The second kappa shape index (κ2) is 6.31. The lowest BCUT2D eigenvalue weighted by Gasteiger charge is -2.32. The Kier molecular flexibility index (Phi) is 4.39. The van der Waals surface area contributed by atoms with Crippen LogP contribution in [0.2, 0.25) is 0 Å². The molecule has 0 aliphatic carbocycles. The van der Waals surface area contributed by atoms with E-state index in [-0.39, 0.29) is 6.09 Å². The Hall–Kier alpha value is -1.89. The zero-order valence-electron chi connectivity index (χ0n) is 13.7. The molecule has 0 unspecified atom stereocenters. The van der Waals surface area contributed by atoms with Crippen molar-refractivity contribution in [1.29, 1.82) is 0 Å². The number of aromatic amines is 1. The molecule has 6 nitrogen and oxygen atoms in total. The van der Waals surface area contributed by atoms with Crippen LogP contribution in [0.4, 0.5) is 4.79 Å². The number of hydrogen-bond donors (Lipinski definition) is 1. The number of hydrogen-bond acceptors (Lipinski definition) is 5. The summed E-state index contributed by atoms with van der Waals surface area (Å²) in [4.78, 5) is 18.3. The van der Waals surface area contributed by atoms with E-state index in [1.54, 1.807) is 16.2 Å². The second-order valence-corrected chi connectivity index (χ2v) is 7.73. The van der Waals surface area contributed by atoms with Crippen LogP contribution in [0.3, 0.4) is 0 Å². The Balaban J connectivity index is 1.58. The molecule has 1 fully saturated rings. The molecule has 1 aliphatic heterocycles. The number of thiophene rings is 1. The van der Waals surface area contributed by atoms with Gasteiger partial charge in [0.1, 0.15) is 11.4 Å². The highest BCUT2D eigenvalue weighted by molar-refractivity contribution is 7.13. The van der Waals surface area contributed by atoms with E-state index in [1.165, 1.54) is 0 Å². The number of amides is 1. The Morgan fingerprint density at radius 2 is 2.09 bits per heavy atom. The second-order valence-electron chi connectivity index (χ2n) is 6.78. The van der Waals surface area contributed by atoms with Crippen molar-refractivity contribution in [3.63, 3.8) is 0 Å². The third kappa shape index (κ3) is 3.90. The number of nitrogens with zero attached hydrogens (tertiary/aromatic N) is 3. The maximum absolute atomic E-state index is 12.1. The third-order valence-corrected chi connectivity index (χ3v) is 4.67. The summed E-state index contributed by atoms with van der Waals surface area (Å²) in [5.74, 6) is 2.05. The lowest BCUT2D eigenvalue weighted by atomic mass is 9.96. The molecule has 1 aliphatic rings. The Morgan fingerprint density at radius 1 is 1.35 bits per heavy atom. The van der Waals surface area contributed by atoms with Gasteiger partial charge in [-0.1, -0.05) is 6.07 Å². The molecule has 3 heterocycles. The number of ether oxygens (including phenoxy) is 1. The zero-order chi connectivity index (χ0) is 16.4. The maximum atomic E-state index is 12.1. The average molecular weight is 334 g/mol. The van der Waals surface area contributed by atoms with Crippen LogP contribution >= 0.6 is 11.3 Å². The van der Waals surface area contributed by atoms with Crippen molar-refractivity contribution < 1.29 is 9.53 Å². The van der Waals surface area contributed by atoms with Gasteiger partial charge >= 0.3 is 6.09 Å². The van der Waals surface area contributed by atoms with Gasteiger partial charge < -0.3 is 14.6 Å². The fourth-order valence-electron chi connectivity index (χ4n) is 2.65. The monoisotopic (exact) mass is 334 g/mol. The highest BCUT2D eigenvalue weighted by atomic mass is 32.1. The minimum Gasteiger partial charge on any atom is -0.444 e. The molecule has 2 aromatic heterocycles.